The molecule has 6 nitrogen and oxygen atoms in total. The van der Waals surface area contributed by atoms with E-state index in [1.165, 1.54) is 148 Å². The maximum absolute atomic E-state index is 12.9. The summed E-state index contributed by atoms with van der Waals surface area (Å²) in [4.78, 5) is 38.3. The minimum absolute atomic E-state index is 0.115. The molecule has 438 valence electrons. The number of ether oxygens (including phenoxy) is 3. The predicted octanol–water partition coefficient (Wildman–Crippen LogP) is 22.0. The van der Waals surface area contributed by atoms with Crippen LogP contribution in [0.5, 0.6) is 0 Å². The van der Waals surface area contributed by atoms with Gasteiger partial charge in [0.2, 0.25) is 0 Å². The Labute approximate surface area is 475 Å². The number of unbranched alkanes of at least 4 members (excludes halogenated alkanes) is 26. The van der Waals surface area contributed by atoms with Crippen molar-refractivity contribution >= 4 is 17.9 Å². The Kier molecular flexibility index (Phi) is 60.8. The lowest BCUT2D eigenvalue weighted by Gasteiger charge is -2.18. The molecule has 0 fully saturated rings. The predicted molar refractivity (Wildman–Crippen MR) is 334 cm³/mol. The van der Waals surface area contributed by atoms with E-state index in [1.54, 1.807) is 0 Å². The fourth-order valence-electron chi connectivity index (χ4n) is 8.65. The standard InChI is InChI=1S/C71H118O6/c1-4-7-10-13-16-19-22-25-28-31-33-34-35-36-38-40-43-46-49-52-55-58-61-64-70(73)76-67-68(66-75-69(72)63-60-57-54-51-48-45-42-39-30-27-24-21-18-15-12-9-6-3)77-71(74)65-62-59-56-53-50-47-44-41-37-32-29-26-23-20-17-14-11-8-5-2/h8,11,17,20,22,25-27,29-31,33,35-37,41,47,50,56,59,68H,4-7,9-10,12-16,18-19,21,23-24,28,32,34,38-40,42-46,48-49,51-55,57-58,60-67H2,1-3H3/b11-8-,20-17-,25-22-,29-26-,30-27-,33-31-,36-35-,41-37-,50-47-,59-56-. The summed E-state index contributed by atoms with van der Waals surface area (Å²) in [6.45, 7) is 6.45. The third-order valence-corrected chi connectivity index (χ3v) is 13.4. The van der Waals surface area contributed by atoms with Gasteiger partial charge in [-0.25, -0.2) is 0 Å². The largest absolute Gasteiger partial charge is 0.462 e. The number of hydrogen-bond donors (Lipinski definition) is 0. The maximum Gasteiger partial charge on any atom is 0.306 e. The van der Waals surface area contributed by atoms with Crippen LogP contribution in [0.15, 0.2) is 122 Å². The van der Waals surface area contributed by atoms with Crippen LogP contribution in [0, 0.1) is 0 Å². The lowest BCUT2D eigenvalue weighted by atomic mass is 10.1. The highest BCUT2D eigenvalue weighted by Crippen LogP contribution is 2.15. The highest BCUT2D eigenvalue weighted by molar-refractivity contribution is 5.71. The molecule has 0 saturated heterocycles. The van der Waals surface area contributed by atoms with Gasteiger partial charge < -0.3 is 14.2 Å². The van der Waals surface area contributed by atoms with E-state index in [1.807, 2.05) is 6.08 Å². The summed E-state index contributed by atoms with van der Waals surface area (Å²) in [7, 11) is 0. The molecule has 77 heavy (non-hydrogen) atoms. The first-order chi connectivity index (χ1) is 38.0. The number of hydrogen-bond acceptors (Lipinski definition) is 6. The second kappa shape index (κ2) is 64.3. The first-order valence-corrected chi connectivity index (χ1v) is 32.0. The van der Waals surface area contributed by atoms with Gasteiger partial charge in [0.15, 0.2) is 6.10 Å². The van der Waals surface area contributed by atoms with Crippen molar-refractivity contribution in [2.24, 2.45) is 0 Å². The Hall–Kier alpha value is -4.19. The summed E-state index contributed by atoms with van der Waals surface area (Å²) in [6.07, 6.45) is 89.2. The van der Waals surface area contributed by atoms with E-state index in [0.717, 1.165) is 96.3 Å². The van der Waals surface area contributed by atoms with Crippen LogP contribution in [-0.4, -0.2) is 37.2 Å². The van der Waals surface area contributed by atoms with Gasteiger partial charge in [0.1, 0.15) is 13.2 Å². The number of esters is 3. The number of carbonyl (C=O) groups is 3. The summed E-state index contributed by atoms with van der Waals surface area (Å²) in [5.74, 6) is -1.01. The molecule has 0 heterocycles. The van der Waals surface area contributed by atoms with Crippen LogP contribution in [0.25, 0.3) is 0 Å². The monoisotopic (exact) mass is 1070 g/mol. The second-order valence-corrected chi connectivity index (χ2v) is 20.9. The highest BCUT2D eigenvalue weighted by Gasteiger charge is 2.19. The summed E-state index contributed by atoms with van der Waals surface area (Å²) < 4.78 is 16.9. The van der Waals surface area contributed by atoms with Gasteiger partial charge in [0.05, 0.1) is 0 Å². The molecule has 0 radical (unpaired) electrons. The fraction of sp³-hybridized carbons (Fsp3) is 0.676. The number of allylic oxidation sites excluding steroid dienone is 20. The van der Waals surface area contributed by atoms with Crippen LogP contribution >= 0.6 is 0 Å². The molecule has 0 aliphatic rings. The molecule has 0 aliphatic carbocycles. The summed E-state index contributed by atoms with van der Waals surface area (Å²) in [5.41, 5.74) is 0. The third kappa shape index (κ3) is 62.5. The van der Waals surface area contributed by atoms with Crippen LogP contribution < -0.4 is 0 Å². The number of rotatable bonds is 57. The van der Waals surface area contributed by atoms with Gasteiger partial charge in [-0.15, -0.1) is 0 Å². The Balaban J connectivity index is 4.50. The van der Waals surface area contributed by atoms with E-state index >= 15 is 0 Å². The lowest BCUT2D eigenvalue weighted by Crippen LogP contribution is -2.30. The van der Waals surface area contributed by atoms with E-state index < -0.39 is 12.1 Å². The minimum Gasteiger partial charge on any atom is -0.462 e. The first kappa shape index (κ1) is 72.8. The van der Waals surface area contributed by atoms with Crippen molar-refractivity contribution in [3.8, 4) is 0 Å². The molecule has 1 unspecified atom stereocenters. The van der Waals surface area contributed by atoms with Crippen molar-refractivity contribution in [3.05, 3.63) is 122 Å². The number of carbonyl (C=O) groups excluding carboxylic acids is 3. The molecule has 6 heteroatoms. The normalized spacial score (nSPS) is 12.9. The molecule has 0 aliphatic heterocycles. The van der Waals surface area contributed by atoms with Gasteiger partial charge in [-0.1, -0.05) is 271 Å². The summed E-state index contributed by atoms with van der Waals surface area (Å²) >= 11 is 0. The fourth-order valence-corrected chi connectivity index (χ4v) is 8.65. The lowest BCUT2D eigenvalue weighted by molar-refractivity contribution is -0.166. The van der Waals surface area contributed by atoms with Gasteiger partial charge >= 0.3 is 17.9 Å². The quantitative estimate of drug-likeness (QED) is 0.0261. The van der Waals surface area contributed by atoms with Crippen LogP contribution in [-0.2, 0) is 28.6 Å². The van der Waals surface area contributed by atoms with Crippen molar-refractivity contribution in [1.82, 2.24) is 0 Å². The molecule has 0 aromatic heterocycles. The van der Waals surface area contributed by atoms with Crippen molar-refractivity contribution in [2.75, 3.05) is 13.2 Å². The third-order valence-electron chi connectivity index (χ3n) is 13.4. The topological polar surface area (TPSA) is 78.9 Å². The van der Waals surface area contributed by atoms with Crippen LogP contribution in [0.4, 0.5) is 0 Å². The SMILES string of the molecule is CC/C=C\C/C=C\C/C=C\C/C=C\C/C=C\C/C=C\CCC(=O)OC(COC(=O)CCCCCCCCC/C=C\CCCCCCCC)COC(=O)CCCCCCCCCC/C=C\C/C=C\C/C=C\CCCCCCC. The average molecular weight is 1070 g/mol. The van der Waals surface area contributed by atoms with Gasteiger partial charge in [-0.2, -0.15) is 0 Å². The summed E-state index contributed by atoms with van der Waals surface area (Å²) in [5, 5.41) is 0. The molecule has 0 saturated carbocycles. The molecule has 0 amide bonds. The summed E-state index contributed by atoms with van der Waals surface area (Å²) in [6, 6.07) is 0. The van der Waals surface area contributed by atoms with Crippen LogP contribution in [0.1, 0.15) is 290 Å². The molecule has 0 rings (SSSR count). The molecule has 0 spiro atoms. The van der Waals surface area contributed by atoms with Gasteiger partial charge in [0, 0.05) is 19.3 Å². The highest BCUT2D eigenvalue weighted by atomic mass is 16.6. The minimum atomic E-state index is -0.828. The van der Waals surface area contributed by atoms with Gasteiger partial charge in [-0.3, -0.25) is 14.4 Å². The van der Waals surface area contributed by atoms with E-state index in [2.05, 4.69) is 136 Å². The van der Waals surface area contributed by atoms with Gasteiger partial charge in [0.25, 0.3) is 0 Å². The Morgan fingerprint density at radius 1 is 0.273 bits per heavy atom. The van der Waals surface area contributed by atoms with E-state index in [-0.39, 0.29) is 31.6 Å². The molecule has 1 atom stereocenters. The van der Waals surface area contributed by atoms with E-state index in [4.69, 9.17) is 14.2 Å². The van der Waals surface area contributed by atoms with E-state index in [9.17, 15) is 14.4 Å². The molecule has 0 aromatic rings. The Bertz CT molecular complexity index is 1600. The zero-order valence-corrected chi connectivity index (χ0v) is 50.2. The molecule has 0 bridgehead atoms. The van der Waals surface area contributed by atoms with Crippen LogP contribution in [0.3, 0.4) is 0 Å². The average Bonchev–Trinajstić information content (AvgIpc) is 3.43. The van der Waals surface area contributed by atoms with Crippen LogP contribution in [0.2, 0.25) is 0 Å². The van der Waals surface area contributed by atoms with Crippen molar-refractivity contribution in [1.29, 1.82) is 0 Å². The first-order valence-electron chi connectivity index (χ1n) is 32.0. The smallest absolute Gasteiger partial charge is 0.306 e. The molecule has 0 aromatic carbocycles. The molecular formula is C71H118O6. The van der Waals surface area contributed by atoms with Crippen molar-refractivity contribution in [3.63, 3.8) is 0 Å². The zero-order valence-electron chi connectivity index (χ0n) is 50.2. The second-order valence-electron chi connectivity index (χ2n) is 20.9. The Morgan fingerprint density at radius 3 is 0.857 bits per heavy atom. The zero-order chi connectivity index (χ0) is 55.7. The van der Waals surface area contributed by atoms with E-state index in [0.29, 0.717) is 19.3 Å². The molecule has 0 N–H and O–H groups in total. The van der Waals surface area contributed by atoms with Crippen molar-refractivity contribution in [2.45, 2.75) is 297 Å². The molecular weight excluding hydrogens is 949 g/mol. The van der Waals surface area contributed by atoms with Crippen molar-refractivity contribution < 1.29 is 28.6 Å². The Morgan fingerprint density at radius 2 is 0.532 bits per heavy atom. The maximum atomic E-state index is 12.9. The van der Waals surface area contributed by atoms with Gasteiger partial charge in [-0.05, 0) is 122 Å².